The van der Waals surface area contributed by atoms with E-state index in [4.69, 9.17) is 0 Å². The van der Waals surface area contributed by atoms with Crippen LogP contribution in [0.15, 0.2) is 24.3 Å². The van der Waals surface area contributed by atoms with Crippen molar-refractivity contribution >= 4 is 46.3 Å². The highest BCUT2D eigenvalue weighted by atomic mass is 127. The smallest absolute Gasteiger partial charge is 0.343 e. The van der Waals surface area contributed by atoms with Crippen LogP contribution in [0.4, 0.5) is 4.79 Å². The molecule has 0 atom stereocenters. The number of imide groups is 1. The zero-order valence-corrected chi connectivity index (χ0v) is 17.0. The average molecular weight is 484 g/mol. The number of carbonyl (C=O) groups excluding carboxylic acids is 4. The van der Waals surface area contributed by atoms with Crippen LogP contribution >= 0.6 is 22.6 Å². The Morgan fingerprint density at radius 2 is 1.93 bits per heavy atom. The van der Waals surface area contributed by atoms with Gasteiger partial charge in [0.15, 0.2) is 0 Å². The lowest BCUT2D eigenvalue weighted by Crippen LogP contribution is -2.52. The molecule has 3 N–H and O–H groups in total. The van der Waals surface area contributed by atoms with Crippen LogP contribution in [0.25, 0.3) is 0 Å². The minimum absolute atomic E-state index is 0.342. The topological polar surface area (TPSA) is 108 Å². The Labute approximate surface area is 170 Å². The van der Waals surface area contributed by atoms with Crippen molar-refractivity contribution in [2.75, 3.05) is 6.54 Å². The molecule has 0 unspecified atom stereocenters. The fraction of sp³-hybridized carbons (Fsp3) is 0.444. The van der Waals surface area contributed by atoms with Gasteiger partial charge >= 0.3 is 6.03 Å². The van der Waals surface area contributed by atoms with Crippen LogP contribution in [-0.2, 0) is 9.59 Å². The number of hydrogen-bond donors (Lipinski definition) is 3. The Morgan fingerprint density at radius 3 is 2.59 bits per heavy atom. The fourth-order valence-electron chi connectivity index (χ4n) is 3.38. The first-order valence-corrected chi connectivity index (χ1v) is 9.89. The third-order valence-electron chi connectivity index (χ3n) is 5.05. The van der Waals surface area contributed by atoms with Gasteiger partial charge in [-0.2, -0.15) is 5.01 Å². The number of nitrogens with one attached hydrogen (secondary N) is 3. The van der Waals surface area contributed by atoms with Crippen molar-refractivity contribution in [3.63, 3.8) is 0 Å². The second-order valence-electron chi connectivity index (χ2n) is 7.03. The molecule has 0 aromatic heterocycles. The van der Waals surface area contributed by atoms with E-state index >= 15 is 0 Å². The molecule has 3 rings (SSSR count). The lowest BCUT2D eigenvalue weighted by molar-refractivity contribution is -0.139. The Balaban J connectivity index is 1.56. The van der Waals surface area contributed by atoms with Crippen molar-refractivity contribution in [1.82, 2.24) is 21.1 Å². The summed E-state index contributed by atoms with van der Waals surface area (Å²) in [6, 6.07) is 6.35. The highest BCUT2D eigenvalue weighted by Crippen LogP contribution is 2.35. The molecular weight excluding hydrogens is 463 g/mol. The molecule has 2 aliphatic rings. The summed E-state index contributed by atoms with van der Waals surface area (Å²) in [6.07, 6.45) is 2.82. The standard InChI is InChI=1S/C18H21IN4O4/c1-11-6-8-18(9-7-11)16(26)23(17(27)21-18)22-14(24)10-20-15(25)12-4-2-3-5-13(12)19/h2-5,11H,6-10H2,1H3,(H,20,25)(H,21,27)(H,22,24). The monoisotopic (exact) mass is 484 g/mol. The van der Waals surface area contributed by atoms with Crippen LogP contribution in [0.3, 0.4) is 0 Å². The molecule has 0 bridgehead atoms. The van der Waals surface area contributed by atoms with Gasteiger partial charge in [0.05, 0.1) is 12.1 Å². The fourth-order valence-corrected chi connectivity index (χ4v) is 4.01. The van der Waals surface area contributed by atoms with Crippen molar-refractivity contribution < 1.29 is 19.2 Å². The molecule has 8 nitrogen and oxygen atoms in total. The maximum absolute atomic E-state index is 12.7. The first kappa shape index (κ1) is 19.6. The van der Waals surface area contributed by atoms with Gasteiger partial charge in [0.25, 0.3) is 17.7 Å². The summed E-state index contributed by atoms with van der Waals surface area (Å²) in [4.78, 5) is 49.1. The normalized spacial score (nSPS) is 24.7. The maximum atomic E-state index is 12.7. The number of rotatable bonds is 4. The van der Waals surface area contributed by atoms with Gasteiger partial charge in [-0.25, -0.2) is 4.79 Å². The van der Waals surface area contributed by atoms with Gasteiger partial charge in [-0.3, -0.25) is 19.8 Å². The molecule has 1 aliphatic carbocycles. The molecular formula is C18H21IN4O4. The molecule has 2 fully saturated rings. The number of hydrogen-bond acceptors (Lipinski definition) is 4. The highest BCUT2D eigenvalue weighted by molar-refractivity contribution is 14.1. The van der Waals surface area contributed by atoms with Crippen molar-refractivity contribution in [3.8, 4) is 0 Å². The summed E-state index contributed by atoms with van der Waals surface area (Å²) in [6.45, 7) is 1.77. The van der Waals surface area contributed by atoms with Gasteiger partial charge in [-0.1, -0.05) is 19.1 Å². The summed E-state index contributed by atoms with van der Waals surface area (Å²) >= 11 is 2.03. The number of carbonyl (C=O) groups is 4. The maximum Gasteiger partial charge on any atom is 0.344 e. The predicted molar refractivity (Wildman–Crippen MR) is 105 cm³/mol. The summed E-state index contributed by atoms with van der Waals surface area (Å²) in [5, 5.41) is 5.96. The molecule has 1 saturated heterocycles. The third-order valence-corrected chi connectivity index (χ3v) is 5.99. The highest BCUT2D eigenvalue weighted by Gasteiger charge is 2.52. The molecule has 0 radical (unpaired) electrons. The number of halogens is 1. The predicted octanol–water partition coefficient (Wildman–Crippen LogP) is 1.55. The van der Waals surface area contributed by atoms with E-state index in [1.54, 1.807) is 18.2 Å². The van der Waals surface area contributed by atoms with Crippen LogP contribution in [-0.4, -0.2) is 40.8 Å². The van der Waals surface area contributed by atoms with Gasteiger partial charge in [0.2, 0.25) is 0 Å². The molecule has 144 valence electrons. The van der Waals surface area contributed by atoms with E-state index in [0.29, 0.717) is 24.3 Å². The van der Waals surface area contributed by atoms with Crippen LogP contribution in [0.5, 0.6) is 0 Å². The van der Waals surface area contributed by atoms with Crippen molar-refractivity contribution in [2.45, 2.75) is 38.1 Å². The Kier molecular flexibility index (Phi) is 5.68. The molecule has 1 aliphatic heterocycles. The Hall–Kier alpha value is -2.17. The van der Waals surface area contributed by atoms with Crippen molar-refractivity contribution in [3.05, 3.63) is 33.4 Å². The molecule has 9 heteroatoms. The second-order valence-corrected chi connectivity index (χ2v) is 8.20. The van der Waals surface area contributed by atoms with E-state index in [2.05, 4.69) is 23.0 Å². The summed E-state index contributed by atoms with van der Waals surface area (Å²) in [5.74, 6) is -0.958. The Morgan fingerprint density at radius 1 is 1.26 bits per heavy atom. The number of amides is 5. The van der Waals surface area contributed by atoms with E-state index in [1.807, 2.05) is 28.7 Å². The van der Waals surface area contributed by atoms with E-state index in [9.17, 15) is 19.2 Å². The second kappa shape index (κ2) is 7.83. The van der Waals surface area contributed by atoms with Crippen LogP contribution < -0.4 is 16.1 Å². The first-order valence-electron chi connectivity index (χ1n) is 8.81. The van der Waals surface area contributed by atoms with E-state index in [0.717, 1.165) is 21.4 Å². The van der Waals surface area contributed by atoms with Crippen molar-refractivity contribution in [2.24, 2.45) is 5.92 Å². The zero-order valence-electron chi connectivity index (χ0n) is 14.9. The van der Waals surface area contributed by atoms with Gasteiger partial charge in [-0.15, -0.1) is 0 Å². The SMILES string of the molecule is CC1CCC2(CC1)NC(=O)N(NC(=O)CNC(=O)c1ccccc1I)C2=O. The van der Waals surface area contributed by atoms with E-state index < -0.39 is 29.3 Å². The zero-order chi connectivity index (χ0) is 19.6. The average Bonchev–Trinajstić information content (AvgIpc) is 2.87. The lowest BCUT2D eigenvalue weighted by atomic mass is 9.77. The molecule has 1 saturated carbocycles. The molecule has 1 aromatic carbocycles. The van der Waals surface area contributed by atoms with Crippen LogP contribution in [0.2, 0.25) is 0 Å². The van der Waals surface area contributed by atoms with Crippen LogP contribution in [0.1, 0.15) is 43.0 Å². The van der Waals surface area contributed by atoms with E-state index in [1.165, 1.54) is 0 Å². The van der Waals surface area contributed by atoms with Gasteiger partial charge < -0.3 is 10.6 Å². The summed E-state index contributed by atoms with van der Waals surface area (Å²) in [5.41, 5.74) is 1.84. The molecule has 1 aromatic rings. The quantitative estimate of drug-likeness (QED) is 0.446. The van der Waals surface area contributed by atoms with Crippen LogP contribution in [0, 0.1) is 9.49 Å². The Bertz CT molecular complexity index is 789. The third kappa shape index (κ3) is 4.07. The first-order chi connectivity index (χ1) is 12.8. The van der Waals surface area contributed by atoms with Gasteiger partial charge in [0, 0.05) is 3.57 Å². The number of urea groups is 1. The lowest BCUT2D eigenvalue weighted by Gasteiger charge is -2.33. The molecule has 5 amide bonds. The molecule has 1 spiro atoms. The van der Waals surface area contributed by atoms with Gasteiger partial charge in [0.1, 0.15) is 5.54 Å². The summed E-state index contributed by atoms with van der Waals surface area (Å²) < 4.78 is 0.760. The largest absolute Gasteiger partial charge is 0.344 e. The summed E-state index contributed by atoms with van der Waals surface area (Å²) in [7, 11) is 0. The molecule has 27 heavy (non-hydrogen) atoms. The van der Waals surface area contributed by atoms with Gasteiger partial charge in [-0.05, 0) is 66.3 Å². The minimum Gasteiger partial charge on any atom is -0.343 e. The minimum atomic E-state index is -0.916. The number of hydrazine groups is 1. The molecule has 1 heterocycles. The number of nitrogens with zero attached hydrogens (tertiary/aromatic N) is 1. The number of benzene rings is 1. The van der Waals surface area contributed by atoms with Crippen molar-refractivity contribution in [1.29, 1.82) is 0 Å². The van der Waals surface area contributed by atoms with E-state index in [-0.39, 0.29) is 6.54 Å².